The average Bonchev–Trinajstić information content (AvgIpc) is 1.21. The Bertz CT molecular complexity index is 99.9. The SMILES string of the molecule is O=S([O-])OC(F)(F)Br. The van der Waals surface area contributed by atoms with Crippen LogP contribution in [0.2, 0.25) is 0 Å². The molecule has 1 unspecified atom stereocenters. The highest BCUT2D eigenvalue weighted by atomic mass is 79.9. The van der Waals surface area contributed by atoms with Gasteiger partial charge < -0.3 is 4.55 Å². The molecule has 3 nitrogen and oxygen atoms in total. The fourth-order valence-corrected chi connectivity index (χ4v) is 0.555. The van der Waals surface area contributed by atoms with Gasteiger partial charge in [0.05, 0.1) is 11.4 Å². The van der Waals surface area contributed by atoms with Gasteiger partial charge in [0.1, 0.15) is 0 Å². The molecule has 0 radical (unpaired) electrons. The molecule has 0 aromatic carbocycles. The molecule has 0 aromatic heterocycles. The Kier molecular flexibility index (Phi) is 2.95. The minimum Gasteiger partial charge on any atom is -0.750 e. The van der Waals surface area contributed by atoms with E-state index in [-0.39, 0.29) is 0 Å². The van der Waals surface area contributed by atoms with E-state index in [1.165, 1.54) is 0 Å². The lowest BCUT2D eigenvalue weighted by atomic mass is 11.5. The van der Waals surface area contributed by atoms with Gasteiger partial charge in [-0.2, -0.15) is 8.78 Å². The van der Waals surface area contributed by atoms with Crippen molar-refractivity contribution in [2.24, 2.45) is 0 Å². The van der Waals surface area contributed by atoms with E-state index in [9.17, 15) is 17.5 Å². The molecule has 0 aromatic rings. The molecule has 0 saturated carbocycles. The van der Waals surface area contributed by atoms with Crippen LogP contribution in [-0.2, 0) is 15.5 Å². The highest BCUT2D eigenvalue weighted by Gasteiger charge is 2.25. The third kappa shape index (κ3) is 6.41. The monoisotopic (exact) mass is 209 g/mol. The molecule has 0 aliphatic heterocycles. The number of hydrogen-bond acceptors (Lipinski definition) is 3. The van der Waals surface area contributed by atoms with Crippen molar-refractivity contribution in [2.45, 2.75) is 5.02 Å². The largest absolute Gasteiger partial charge is 0.750 e. The maximum Gasteiger partial charge on any atom is 0.426 e. The van der Waals surface area contributed by atoms with Crippen molar-refractivity contribution in [2.75, 3.05) is 0 Å². The van der Waals surface area contributed by atoms with Crippen LogP contribution in [0.4, 0.5) is 8.78 Å². The summed E-state index contributed by atoms with van der Waals surface area (Å²) < 4.78 is 44.1. The zero-order valence-electron chi connectivity index (χ0n) is 3.27. The molecule has 0 amide bonds. The van der Waals surface area contributed by atoms with Crippen LogP contribution < -0.4 is 0 Å². The Balaban J connectivity index is 3.55. The number of rotatable bonds is 2. The fourth-order valence-electron chi connectivity index (χ4n) is 0.0772. The van der Waals surface area contributed by atoms with Gasteiger partial charge in [-0.3, -0.25) is 0 Å². The summed E-state index contributed by atoms with van der Waals surface area (Å²) in [6.45, 7) is 0. The van der Waals surface area contributed by atoms with E-state index in [0.717, 1.165) is 0 Å². The molecule has 0 rings (SSSR count). The Hall–Kier alpha value is 0.410. The van der Waals surface area contributed by atoms with Gasteiger partial charge in [-0.25, -0.2) is 8.39 Å². The second kappa shape index (κ2) is 2.81. The number of halogens is 3. The van der Waals surface area contributed by atoms with E-state index in [1.807, 2.05) is 0 Å². The van der Waals surface area contributed by atoms with Gasteiger partial charge in [0.2, 0.25) is 0 Å². The van der Waals surface area contributed by atoms with Gasteiger partial charge in [-0.1, -0.05) is 0 Å². The van der Waals surface area contributed by atoms with E-state index in [1.54, 1.807) is 15.9 Å². The first-order valence-electron chi connectivity index (χ1n) is 1.27. The zero-order chi connectivity index (χ0) is 6.78. The molecule has 0 N–H and O–H groups in total. The van der Waals surface area contributed by atoms with Crippen molar-refractivity contribution in [3.63, 3.8) is 0 Å². The second-order valence-electron chi connectivity index (χ2n) is 0.733. The smallest absolute Gasteiger partial charge is 0.426 e. The maximum atomic E-state index is 11.3. The van der Waals surface area contributed by atoms with Crippen molar-refractivity contribution >= 4 is 27.3 Å². The minimum absolute atomic E-state index is 1.63. The van der Waals surface area contributed by atoms with Crippen LogP contribution in [0.5, 0.6) is 0 Å². The molecule has 0 spiro atoms. The van der Waals surface area contributed by atoms with Crippen molar-refractivity contribution in [3.8, 4) is 0 Å². The van der Waals surface area contributed by atoms with Gasteiger partial charge in [0.15, 0.2) is 0 Å². The van der Waals surface area contributed by atoms with Gasteiger partial charge in [-0.15, -0.1) is 0 Å². The van der Waals surface area contributed by atoms with Crippen LogP contribution in [0.3, 0.4) is 0 Å². The van der Waals surface area contributed by atoms with E-state index in [4.69, 9.17) is 0 Å². The molecular formula is CBrF2O3S-. The predicted octanol–water partition coefficient (Wildman–Crippen LogP) is 0.742. The normalized spacial score (nSPS) is 16.0. The summed E-state index contributed by atoms with van der Waals surface area (Å²) in [6, 6.07) is 0. The molecule has 0 heterocycles. The molecule has 50 valence electrons. The van der Waals surface area contributed by atoms with Crippen LogP contribution in [0, 0.1) is 0 Å². The van der Waals surface area contributed by atoms with Gasteiger partial charge in [-0.05, 0) is 0 Å². The van der Waals surface area contributed by atoms with E-state index in [2.05, 4.69) is 4.18 Å². The van der Waals surface area contributed by atoms with Crippen LogP contribution in [-0.4, -0.2) is 13.8 Å². The highest BCUT2D eigenvalue weighted by Crippen LogP contribution is 2.23. The first-order valence-corrected chi connectivity index (χ1v) is 3.06. The lowest BCUT2D eigenvalue weighted by Gasteiger charge is -2.09. The van der Waals surface area contributed by atoms with E-state index >= 15 is 0 Å². The summed E-state index contributed by atoms with van der Waals surface area (Å²) in [5.74, 6) is 0. The number of hydrogen-bond donors (Lipinski definition) is 0. The van der Waals surface area contributed by atoms with E-state index in [0.29, 0.717) is 0 Å². The van der Waals surface area contributed by atoms with Gasteiger partial charge >= 0.3 is 5.02 Å². The molecule has 0 bridgehead atoms. The van der Waals surface area contributed by atoms with Crippen molar-refractivity contribution in [1.82, 2.24) is 0 Å². The van der Waals surface area contributed by atoms with Crippen LogP contribution >= 0.6 is 15.9 Å². The van der Waals surface area contributed by atoms with Crippen molar-refractivity contribution < 1.29 is 21.7 Å². The lowest BCUT2D eigenvalue weighted by molar-refractivity contribution is -0.0765. The zero-order valence-corrected chi connectivity index (χ0v) is 5.67. The average molecular weight is 210 g/mol. The van der Waals surface area contributed by atoms with Crippen LogP contribution in [0.15, 0.2) is 0 Å². The Labute approximate surface area is 54.6 Å². The molecule has 0 aliphatic rings. The third-order valence-corrected chi connectivity index (χ3v) is 0.884. The van der Waals surface area contributed by atoms with Gasteiger partial charge in [0, 0.05) is 15.9 Å². The summed E-state index contributed by atoms with van der Waals surface area (Å²) in [5.41, 5.74) is 0. The topological polar surface area (TPSA) is 49.4 Å². The standard InChI is InChI=1S/CHBrF2O3S/c2-1(3,4)7-8(5)6/h(H,5,6)/p-1. The number of alkyl halides is 3. The summed E-state index contributed by atoms with van der Waals surface area (Å²) in [6.07, 6.45) is 0. The summed E-state index contributed by atoms with van der Waals surface area (Å²) in [4.78, 5) is 0. The molecule has 0 saturated heterocycles. The molecule has 0 fully saturated rings. The molecule has 7 heteroatoms. The minimum atomic E-state index is -3.78. The fraction of sp³-hybridized carbons (Fsp3) is 1.00. The maximum absolute atomic E-state index is 11.3. The lowest BCUT2D eigenvalue weighted by Crippen LogP contribution is -2.12. The molecular weight excluding hydrogens is 210 g/mol. The van der Waals surface area contributed by atoms with Crippen molar-refractivity contribution in [3.05, 3.63) is 0 Å². The van der Waals surface area contributed by atoms with Crippen molar-refractivity contribution in [1.29, 1.82) is 0 Å². The summed E-state index contributed by atoms with van der Waals surface area (Å²) >= 11 is -1.55. The first kappa shape index (κ1) is 8.41. The predicted molar refractivity (Wildman–Crippen MR) is 23.9 cm³/mol. The first-order chi connectivity index (χ1) is 3.42. The van der Waals surface area contributed by atoms with Crippen LogP contribution in [0.25, 0.3) is 0 Å². The molecule has 1 atom stereocenters. The third-order valence-electron chi connectivity index (χ3n) is 0.163. The van der Waals surface area contributed by atoms with Gasteiger partial charge in [0.25, 0.3) is 0 Å². The Morgan fingerprint density at radius 2 is 2.12 bits per heavy atom. The Morgan fingerprint density at radius 3 is 2.12 bits per heavy atom. The molecule has 8 heavy (non-hydrogen) atoms. The quantitative estimate of drug-likeness (QED) is 0.498. The van der Waals surface area contributed by atoms with Crippen LogP contribution in [0.1, 0.15) is 0 Å². The second-order valence-corrected chi connectivity index (χ2v) is 2.23. The summed E-state index contributed by atoms with van der Waals surface area (Å²) in [7, 11) is 0. The molecule has 0 aliphatic carbocycles. The summed E-state index contributed by atoms with van der Waals surface area (Å²) in [5, 5.41) is -3.78. The highest BCUT2D eigenvalue weighted by molar-refractivity contribution is 9.09. The Morgan fingerprint density at radius 1 is 1.75 bits per heavy atom. The van der Waals surface area contributed by atoms with E-state index < -0.39 is 16.4 Å².